The molecule has 3 heterocycles. The summed E-state index contributed by atoms with van der Waals surface area (Å²) < 4.78 is 11.0. The van der Waals surface area contributed by atoms with Gasteiger partial charge in [-0.1, -0.05) is 11.6 Å². The lowest BCUT2D eigenvalue weighted by molar-refractivity contribution is -0.119. The third-order valence-corrected chi connectivity index (χ3v) is 4.29. The maximum absolute atomic E-state index is 11.1. The number of hydrogen-bond acceptors (Lipinski definition) is 4. The molecule has 25 heavy (non-hydrogen) atoms. The number of nitrogens with zero attached hydrogens (tertiary/aromatic N) is 1. The minimum atomic E-state index is -0.0714. The van der Waals surface area contributed by atoms with Crippen molar-refractivity contribution < 1.29 is 14.3 Å². The van der Waals surface area contributed by atoms with E-state index in [2.05, 4.69) is 15.3 Å². The number of carbonyl (C=O) groups excluding carboxylic acids is 1. The van der Waals surface area contributed by atoms with Gasteiger partial charge in [0, 0.05) is 29.1 Å². The van der Waals surface area contributed by atoms with E-state index in [-0.39, 0.29) is 5.91 Å². The van der Waals surface area contributed by atoms with E-state index < -0.39 is 0 Å². The molecule has 7 heteroatoms. The monoisotopic (exact) mass is 357 g/mol. The zero-order valence-electron chi connectivity index (χ0n) is 13.6. The van der Waals surface area contributed by atoms with Crippen molar-refractivity contribution in [1.29, 1.82) is 0 Å². The largest absolute Gasteiger partial charge is 0.484 e. The molecule has 2 N–H and O–H groups in total. The lowest BCUT2D eigenvalue weighted by Gasteiger charge is -2.17. The van der Waals surface area contributed by atoms with Crippen LogP contribution in [0.2, 0.25) is 5.02 Å². The van der Waals surface area contributed by atoms with Crippen molar-refractivity contribution >= 4 is 28.4 Å². The molecule has 1 aliphatic rings. The first-order chi connectivity index (χ1) is 12.1. The summed E-state index contributed by atoms with van der Waals surface area (Å²) in [5.41, 5.74) is 3.36. The highest BCUT2D eigenvalue weighted by Crippen LogP contribution is 2.35. The molecule has 0 unspecified atom stereocenters. The number of aromatic nitrogens is 2. The van der Waals surface area contributed by atoms with Gasteiger partial charge in [0.15, 0.2) is 5.75 Å². The van der Waals surface area contributed by atoms with Crippen LogP contribution in [0, 0.1) is 0 Å². The number of benzene rings is 1. The number of hydrogen-bond donors (Lipinski definition) is 2. The number of pyridine rings is 1. The van der Waals surface area contributed by atoms with Gasteiger partial charge in [0.1, 0.15) is 13.2 Å². The van der Waals surface area contributed by atoms with E-state index in [4.69, 9.17) is 21.1 Å². The van der Waals surface area contributed by atoms with Gasteiger partial charge >= 0.3 is 0 Å². The first-order valence-electron chi connectivity index (χ1n) is 7.93. The number of fused-ring (bicyclic) bond motifs is 2. The molecule has 0 atom stereocenters. The summed E-state index contributed by atoms with van der Waals surface area (Å²) in [5.74, 6) is 1.06. The number of nitrogens with one attached hydrogen (secondary N) is 2. The molecule has 3 aromatic rings. The summed E-state index contributed by atoms with van der Waals surface area (Å²) >= 11 is 6.46. The maximum Gasteiger partial charge on any atom is 0.257 e. The lowest BCUT2D eigenvalue weighted by atomic mass is 10.1. The average molecular weight is 358 g/mol. The molecule has 0 radical (unpaired) electrons. The Morgan fingerprint density at radius 2 is 2.12 bits per heavy atom. The summed E-state index contributed by atoms with van der Waals surface area (Å²) in [6.07, 6.45) is 0. The zero-order valence-corrected chi connectivity index (χ0v) is 14.3. The second-order valence-electron chi connectivity index (χ2n) is 5.82. The molecule has 1 aliphatic heterocycles. The van der Waals surface area contributed by atoms with Gasteiger partial charge in [-0.15, -0.1) is 0 Å². The fourth-order valence-corrected chi connectivity index (χ4v) is 3.07. The number of amides is 1. The molecule has 0 bridgehead atoms. The number of rotatable bonds is 3. The number of aromatic amines is 1. The summed E-state index contributed by atoms with van der Waals surface area (Å²) in [4.78, 5) is 18.9. The Bertz CT molecular complexity index is 968. The number of halogens is 1. The van der Waals surface area contributed by atoms with Crippen LogP contribution in [-0.2, 0) is 11.3 Å². The highest BCUT2D eigenvalue weighted by Gasteiger charge is 2.16. The Morgan fingerprint density at radius 1 is 1.28 bits per heavy atom. The first kappa shape index (κ1) is 15.8. The van der Waals surface area contributed by atoms with Crippen molar-refractivity contribution in [2.75, 3.05) is 13.2 Å². The summed E-state index contributed by atoms with van der Waals surface area (Å²) in [5, 5.41) is 4.35. The van der Waals surface area contributed by atoms with Crippen LogP contribution in [-0.4, -0.2) is 29.1 Å². The average Bonchev–Trinajstić information content (AvgIpc) is 3.00. The third kappa shape index (κ3) is 3.13. The molecular formula is C18H16ClN3O3. The summed E-state index contributed by atoms with van der Waals surface area (Å²) in [6.45, 7) is 2.95. The van der Waals surface area contributed by atoms with Gasteiger partial charge in [-0.3, -0.25) is 4.79 Å². The number of H-pyrrole nitrogens is 1. The molecular weight excluding hydrogens is 342 g/mol. The van der Waals surface area contributed by atoms with Crippen LogP contribution >= 0.6 is 11.6 Å². The van der Waals surface area contributed by atoms with Gasteiger partial charge in [-0.05, 0) is 30.3 Å². The van der Waals surface area contributed by atoms with E-state index in [1.807, 2.05) is 30.3 Å². The Kier molecular flexibility index (Phi) is 3.97. The molecule has 0 aliphatic carbocycles. The minimum absolute atomic E-state index is 0.0714. The highest BCUT2D eigenvalue weighted by molar-refractivity contribution is 6.34. The Hall–Kier alpha value is -2.73. The molecule has 4 rings (SSSR count). The first-order valence-corrected chi connectivity index (χ1v) is 8.30. The quantitative estimate of drug-likeness (QED) is 0.754. The Balaban J connectivity index is 1.72. The van der Waals surface area contributed by atoms with E-state index in [1.54, 1.807) is 0 Å². The van der Waals surface area contributed by atoms with Crippen LogP contribution < -0.4 is 14.8 Å². The van der Waals surface area contributed by atoms with E-state index >= 15 is 0 Å². The van der Waals surface area contributed by atoms with E-state index in [9.17, 15) is 4.79 Å². The zero-order chi connectivity index (χ0) is 17.4. The fourth-order valence-electron chi connectivity index (χ4n) is 2.81. The molecule has 0 saturated heterocycles. The lowest BCUT2D eigenvalue weighted by Crippen LogP contribution is -2.18. The van der Waals surface area contributed by atoms with Crippen molar-refractivity contribution in [3.05, 3.63) is 41.0 Å². The molecule has 0 fully saturated rings. The molecule has 6 nitrogen and oxygen atoms in total. The SMILES string of the molecule is CC(=O)NCc1cc2cc(Cl)c(-c3ccc4c(n3)OCCO4)cc2[nH]1. The van der Waals surface area contributed by atoms with Gasteiger partial charge in [0.2, 0.25) is 5.91 Å². The maximum atomic E-state index is 11.1. The van der Waals surface area contributed by atoms with E-state index in [0.717, 1.165) is 22.2 Å². The van der Waals surface area contributed by atoms with Crippen LogP contribution in [0.25, 0.3) is 22.2 Å². The predicted octanol–water partition coefficient (Wildman–Crippen LogP) is 3.29. The van der Waals surface area contributed by atoms with E-state index in [1.165, 1.54) is 6.92 Å². The second kappa shape index (κ2) is 6.29. The third-order valence-electron chi connectivity index (χ3n) is 3.97. The van der Waals surface area contributed by atoms with Crippen molar-refractivity contribution in [2.24, 2.45) is 0 Å². The van der Waals surface area contributed by atoms with Gasteiger partial charge in [0.05, 0.1) is 17.3 Å². The number of carbonyl (C=O) groups is 1. The van der Waals surface area contributed by atoms with Gasteiger partial charge in [0.25, 0.3) is 5.88 Å². The highest BCUT2D eigenvalue weighted by atomic mass is 35.5. The molecule has 1 aromatic carbocycles. The summed E-state index contributed by atoms with van der Waals surface area (Å²) in [6, 6.07) is 9.51. The normalized spacial score (nSPS) is 13.0. The van der Waals surface area contributed by atoms with Crippen LogP contribution in [0.1, 0.15) is 12.6 Å². The molecule has 0 spiro atoms. The van der Waals surface area contributed by atoms with Crippen molar-refractivity contribution in [3.63, 3.8) is 0 Å². The van der Waals surface area contributed by atoms with Crippen molar-refractivity contribution in [3.8, 4) is 22.9 Å². The second-order valence-corrected chi connectivity index (χ2v) is 6.23. The van der Waals surface area contributed by atoms with Crippen molar-refractivity contribution in [1.82, 2.24) is 15.3 Å². The minimum Gasteiger partial charge on any atom is -0.484 e. The van der Waals surface area contributed by atoms with Crippen LogP contribution in [0.5, 0.6) is 11.6 Å². The smallest absolute Gasteiger partial charge is 0.257 e. The van der Waals surface area contributed by atoms with Crippen LogP contribution in [0.3, 0.4) is 0 Å². The fraction of sp³-hybridized carbons (Fsp3) is 0.222. The Morgan fingerprint density at radius 3 is 2.96 bits per heavy atom. The summed E-state index contributed by atoms with van der Waals surface area (Å²) in [7, 11) is 0. The molecule has 2 aromatic heterocycles. The number of ether oxygens (including phenoxy) is 2. The standard InChI is InChI=1S/C18H16ClN3O3/c1-10(23)20-9-12-6-11-7-14(19)13(8-16(11)21-12)15-2-3-17-18(22-15)25-5-4-24-17/h2-3,6-8,21H,4-5,9H2,1H3,(H,20,23). The predicted molar refractivity (Wildman–Crippen MR) is 95.1 cm³/mol. The molecule has 128 valence electrons. The van der Waals surface area contributed by atoms with Crippen LogP contribution in [0.15, 0.2) is 30.3 Å². The van der Waals surface area contributed by atoms with Gasteiger partial charge in [-0.25, -0.2) is 4.98 Å². The van der Waals surface area contributed by atoms with E-state index in [0.29, 0.717) is 42.1 Å². The molecule has 0 saturated carbocycles. The Labute approximate surface area is 149 Å². The topological polar surface area (TPSA) is 76.2 Å². The van der Waals surface area contributed by atoms with Crippen molar-refractivity contribution in [2.45, 2.75) is 13.5 Å². The molecule has 1 amide bonds. The van der Waals surface area contributed by atoms with Gasteiger partial charge < -0.3 is 19.8 Å². The van der Waals surface area contributed by atoms with Crippen LogP contribution in [0.4, 0.5) is 0 Å². The van der Waals surface area contributed by atoms with Gasteiger partial charge in [-0.2, -0.15) is 0 Å².